The van der Waals surface area contributed by atoms with Crippen molar-refractivity contribution in [2.24, 2.45) is 5.84 Å². The first-order valence-corrected chi connectivity index (χ1v) is 6.25. The Hall–Kier alpha value is -2.21. The van der Waals surface area contributed by atoms with Crippen LogP contribution in [0.1, 0.15) is 19.7 Å². The first-order chi connectivity index (χ1) is 9.17. The summed E-state index contributed by atoms with van der Waals surface area (Å²) in [6, 6.07) is 9.34. The Kier molecular flexibility index (Phi) is 3.91. The summed E-state index contributed by atoms with van der Waals surface area (Å²) >= 11 is 0. The van der Waals surface area contributed by atoms with E-state index in [1.807, 2.05) is 44.2 Å². The van der Waals surface area contributed by atoms with Crippen molar-refractivity contribution >= 4 is 5.95 Å². The Morgan fingerprint density at radius 1 is 1.21 bits per heavy atom. The van der Waals surface area contributed by atoms with E-state index in [2.05, 4.69) is 9.97 Å². The summed E-state index contributed by atoms with van der Waals surface area (Å²) in [5.74, 6) is 6.64. The highest BCUT2D eigenvalue weighted by atomic mass is 16.1. The zero-order chi connectivity index (χ0) is 13.8. The van der Waals surface area contributed by atoms with E-state index in [4.69, 9.17) is 5.84 Å². The van der Waals surface area contributed by atoms with Gasteiger partial charge in [-0.15, -0.1) is 0 Å². The van der Waals surface area contributed by atoms with Gasteiger partial charge in [0, 0.05) is 13.0 Å². The molecule has 0 aliphatic carbocycles. The molecule has 6 nitrogen and oxygen atoms in total. The lowest BCUT2D eigenvalue weighted by Crippen LogP contribution is -2.36. The van der Waals surface area contributed by atoms with Gasteiger partial charge in [0.15, 0.2) is 0 Å². The fourth-order valence-electron chi connectivity index (χ4n) is 1.78. The lowest BCUT2D eigenvalue weighted by atomic mass is 10.3. The van der Waals surface area contributed by atoms with Crippen LogP contribution in [0.15, 0.2) is 35.1 Å². The molecule has 0 bridgehead atoms. The molecule has 0 aliphatic heterocycles. The summed E-state index contributed by atoms with van der Waals surface area (Å²) in [6.07, 6.45) is 0.622. The molecule has 0 radical (unpaired) electrons. The van der Waals surface area contributed by atoms with E-state index >= 15 is 0 Å². The van der Waals surface area contributed by atoms with Crippen molar-refractivity contribution in [3.05, 3.63) is 46.6 Å². The number of benzene rings is 1. The summed E-state index contributed by atoms with van der Waals surface area (Å²) in [5, 5.41) is 1.36. The third-order valence-electron chi connectivity index (χ3n) is 2.80. The number of hydrogen-bond donors (Lipinski definition) is 1. The van der Waals surface area contributed by atoms with Crippen LogP contribution in [-0.4, -0.2) is 21.1 Å². The van der Waals surface area contributed by atoms with Crippen LogP contribution in [0.5, 0.6) is 0 Å². The van der Waals surface area contributed by atoms with Gasteiger partial charge in [0.1, 0.15) is 5.82 Å². The highest BCUT2D eigenvalue weighted by Crippen LogP contribution is 2.09. The predicted octanol–water partition coefficient (Wildman–Crippen LogP) is 0.890. The Bertz CT molecular complexity index is 608. The van der Waals surface area contributed by atoms with Gasteiger partial charge in [-0.3, -0.25) is 5.01 Å². The number of nitrogens with two attached hydrogens (primary N) is 1. The normalized spacial score (nSPS) is 10.5. The summed E-state index contributed by atoms with van der Waals surface area (Å²) in [5.41, 5.74) is 0.396. The summed E-state index contributed by atoms with van der Waals surface area (Å²) in [4.78, 5) is 20.4. The molecule has 0 atom stereocenters. The molecular weight excluding hydrogens is 242 g/mol. The highest BCUT2D eigenvalue weighted by Gasteiger charge is 2.12. The minimum Gasteiger partial charge on any atom is -0.279 e. The van der Waals surface area contributed by atoms with Crippen molar-refractivity contribution < 1.29 is 0 Å². The maximum Gasteiger partial charge on any atom is 0.356 e. The van der Waals surface area contributed by atoms with E-state index in [9.17, 15) is 4.79 Å². The van der Waals surface area contributed by atoms with E-state index in [1.54, 1.807) is 0 Å². The van der Waals surface area contributed by atoms with Crippen LogP contribution in [0.4, 0.5) is 5.95 Å². The topological polar surface area (TPSA) is 77.0 Å². The van der Waals surface area contributed by atoms with Gasteiger partial charge < -0.3 is 0 Å². The second kappa shape index (κ2) is 5.62. The molecule has 0 saturated heterocycles. The number of hydrazine groups is 1. The maximum atomic E-state index is 12.2. The van der Waals surface area contributed by atoms with Crippen LogP contribution in [-0.2, 0) is 6.42 Å². The van der Waals surface area contributed by atoms with Gasteiger partial charge in [-0.25, -0.2) is 15.2 Å². The van der Waals surface area contributed by atoms with Crippen LogP contribution in [0.3, 0.4) is 0 Å². The minimum absolute atomic E-state index is 0.261. The summed E-state index contributed by atoms with van der Waals surface area (Å²) in [6.45, 7) is 4.35. The van der Waals surface area contributed by atoms with Gasteiger partial charge in [-0.1, -0.05) is 25.1 Å². The number of para-hydroxylation sites is 1. The molecule has 1 aromatic heterocycles. The average molecular weight is 259 g/mol. The second-order valence-electron chi connectivity index (χ2n) is 4.03. The number of anilines is 1. The third-order valence-corrected chi connectivity index (χ3v) is 2.80. The molecule has 1 aromatic carbocycles. The molecule has 0 unspecified atom stereocenters. The molecule has 100 valence electrons. The van der Waals surface area contributed by atoms with Gasteiger partial charge in [0.25, 0.3) is 0 Å². The molecule has 2 aromatic rings. The minimum atomic E-state index is -0.364. The number of nitrogens with zero attached hydrogens (tertiary/aromatic N) is 4. The zero-order valence-electron chi connectivity index (χ0n) is 11.1. The van der Waals surface area contributed by atoms with Crippen LogP contribution < -0.4 is 16.5 Å². The van der Waals surface area contributed by atoms with Gasteiger partial charge in [0.2, 0.25) is 5.95 Å². The molecule has 6 heteroatoms. The van der Waals surface area contributed by atoms with Crippen molar-refractivity contribution in [3.8, 4) is 5.69 Å². The molecule has 0 aliphatic rings. The zero-order valence-corrected chi connectivity index (χ0v) is 11.1. The van der Waals surface area contributed by atoms with Crippen molar-refractivity contribution in [1.82, 2.24) is 14.5 Å². The summed E-state index contributed by atoms with van der Waals surface area (Å²) in [7, 11) is 0. The number of aromatic nitrogens is 3. The fourth-order valence-corrected chi connectivity index (χ4v) is 1.78. The smallest absolute Gasteiger partial charge is 0.279 e. The number of hydrogen-bond acceptors (Lipinski definition) is 5. The quantitative estimate of drug-likeness (QED) is 0.651. The lowest BCUT2D eigenvalue weighted by Gasteiger charge is -2.16. The molecule has 2 N–H and O–H groups in total. The monoisotopic (exact) mass is 259 g/mol. The van der Waals surface area contributed by atoms with E-state index in [-0.39, 0.29) is 11.6 Å². The van der Waals surface area contributed by atoms with Gasteiger partial charge in [0.05, 0.1) is 5.69 Å². The Balaban J connectivity index is 2.60. The van der Waals surface area contributed by atoms with Crippen molar-refractivity contribution in [3.63, 3.8) is 0 Å². The van der Waals surface area contributed by atoms with Gasteiger partial charge >= 0.3 is 5.69 Å². The van der Waals surface area contributed by atoms with E-state index in [1.165, 1.54) is 9.58 Å². The third kappa shape index (κ3) is 2.63. The Labute approximate surface area is 111 Å². The van der Waals surface area contributed by atoms with Gasteiger partial charge in [-0.2, -0.15) is 9.97 Å². The SMILES string of the molecule is CCc1nc(N(N)CC)nc(=O)n1-c1ccccc1. The molecule has 1 heterocycles. The van der Waals surface area contributed by atoms with E-state index in [0.29, 0.717) is 18.8 Å². The number of rotatable bonds is 4. The van der Waals surface area contributed by atoms with Crippen molar-refractivity contribution in [1.29, 1.82) is 0 Å². The standard InChI is InChI=1S/C13H17N5O/c1-3-11-15-12(17(14)4-2)16-13(19)18(11)10-8-6-5-7-9-10/h5-9H,3-4,14H2,1-2H3. The Morgan fingerprint density at radius 3 is 2.47 bits per heavy atom. The largest absolute Gasteiger partial charge is 0.356 e. The molecule has 0 saturated carbocycles. The van der Waals surface area contributed by atoms with Crippen molar-refractivity contribution in [2.75, 3.05) is 11.6 Å². The van der Waals surface area contributed by atoms with Crippen LogP contribution in [0.2, 0.25) is 0 Å². The Morgan fingerprint density at radius 2 is 1.89 bits per heavy atom. The van der Waals surface area contributed by atoms with Crippen LogP contribution >= 0.6 is 0 Å². The molecule has 19 heavy (non-hydrogen) atoms. The van der Waals surface area contributed by atoms with Crippen LogP contribution in [0, 0.1) is 0 Å². The summed E-state index contributed by atoms with van der Waals surface area (Å²) < 4.78 is 1.51. The molecule has 0 amide bonds. The first kappa shape index (κ1) is 13.2. The maximum absolute atomic E-state index is 12.2. The van der Waals surface area contributed by atoms with Crippen molar-refractivity contribution in [2.45, 2.75) is 20.3 Å². The molecule has 2 rings (SSSR count). The van der Waals surface area contributed by atoms with Crippen LogP contribution in [0.25, 0.3) is 5.69 Å². The molecule has 0 fully saturated rings. The predicted molar refractivity (Wildman–Crippen MR) is 74.2 cm³/mol. The fraction of sp³-hybridized carbons (Fsp3) is 0.308. The second-order valence-corrected chi connectivity index (χ2v) is 4.03. The highest BCUT2D eigenvalue weighted by molar-refractivity contribution is 5.34. The van der Waals surface area contributed by atoms with E-state index < -0.39 is 0 Å². The van der Waals surface area contributed by atoms with Gasteiger partial charge in [-0.05, 0) is 19.1 Å². The number of aryl methyl sites for hydroxylation is 1. The average Bonchev–Trinajstić information content (AvgIpc) is 2.46. The lowest BCUT2D eigenvalue weighted by molar-refractivity contribution is 0.732. The molecular formula is C13H17N5O. The van der Waals surface area contributed by atoms with E-state index in [0.717, 1.165) is 5.69 Å². The molecule has 0 spiro atoms. The first-order valence-electron chi connectivity index (χ1n) is 6.25.